The van der Waals surface area contributed by atoms with E-state index in [-0.39, 0.29) is 17.9 Å². The molecule has 0 fully saturated rings. The SMILES string of the molecule is C#CCCOc1cc(OC)ccc1C(=O)O. The predicted octanol–water partition coefficient (Wildman–Crippen LogP) is 1.80. The number of hydrogen-bond acceptors (Lipinski definition) is 3. The fourth-order valence-electron chi connectivity index (χ4n) is 1.15. The fourth-order valence-corrected chi connectivity index (χ4v) is 1.15. The van der Waals surface area contributed by atoms with E-state index in [4.69, 9.17) is 21.0 Å². The molecule has 1 aromatic carbocycles. The van der Waals surface area contributed by atoms with Crippen LogP contribution in [-0.2, 0) is 0 Å². The molecule has 1 aromatic rings. The molecular formula is C12H12O4. The number of carbonyl (C=O) groups is 1. The third-order valence-corrected chi connectivity index (χ3v) is 1.92. The number of hydrogen-bond donors (Lipinski definition) is 1. The summed E-state index contributed by atoms with van der Waals surface area (Å²) in [6.45, 7) is 0.282. The molecule has 0 heterocycles. The Morgan fingerprint density at radius 3 is 2.88 bits per heavy atom. The van der Waals surface area contributed by atoms with Gasteiger partial charge in [0, 0.05) is 12.5 Å². The predicted molar refractivity (Wildman–Crippen MR) is 58.9 cm³/mol. The summed E-state index contributed by atoms with van der Waals surface area (Å²) < 4.78 is 10.3. The summed E-state index contributed by atoms with van der Waals surface area (Å²) in [7, 11) is 1.50. The maximum absolute atomic E-state index is 10.9. The monoisotopic (exact) mass is 220 g/mol. The first kappa shape index (κ1) is 11.9. The lowest BCUT2D eigenvalue weighted by molar-refractivity contribution is 0.0692. The Kier molecular flexibility index (Phi) is 4.22. The number of ether oxygens (including phenoxy) is 2. The Hall–Kier alpha value is -2.15. The molecule has 1 rings (SSSR count). The normalized spacial score (nSPS) is 9.25. The van der Waals surface area contributed by atoms with Crippen LogP contribution in [0.2, 0.25) is 0 Å². The summed E-state index contributed by atoms with van der Waals surface area (Å²) in [6, 6.07) is 4.53. The minimum Gasteiger partial charge on any atom is -0.497 e. The van der Waals surface area contributed by atoms with Crippen LogP contribution < -0.4 is 9.47 Å². The molecule has 0 spiro atoms. The van der Waals surface area contributed by atoms with Crippen LogP contribution in [0.15, 0.2) is 18.2 Å². The van der Waals surface area contributed by atoms with Gasteiger partial charge in [-0.1, -0.05) is 0 Å². The van der Waals surface area contributed by atoms with Crippen molar-refractivity contribution in [3.63, 3.8) is 0 Å². The molecule has 4 nitrogen and oxygen atoms in total. The standard InChI is InChI=1S/C12H12O4/c1-3-4-7-16-11-8-9(15-2)5-6-10(11)12(13)14/h1,5-6,8H,4,7H2,2H3,(H,13,14). The first-order chi connectivity index (χ1) is 7.69. The molecule has 0 amide bonds. The highest BCUT2D eigenvalue weighted by Gasteiger charge is 2.12. The van der Waals surface area contributed by atoms with E-state index in [0.717, 1.165) is 0 Å². The van der Waals surface area contributed by atoms with Crippen molar-refractivity contribution in [2.75, 3.05) is 13.7 Å². The quantitative estimate of drug-likeness (QED) is 0.607. The van der Waals surface area contributed by atoms with E-state index in [1.54, 1.807) is 6.07 Å². The molecule has 84 valence electrons. The zero-order valence-corrected chi connectivity index (χ0v) is 8.90. The van der Waals surface area contributed by atoms with E-state index in [1.165, 1.54) is 19.2 Å². The maximum Gasteiger partial charge on any atom is 0.339 e. The van der Waals surface area contributed by atoms with Crippen molar-refractivity contribution in [3.8, 4) is 23.8 Å². The number of methoxy groups -OCH3 is 1. The van der Waals surface area contributed by atoms with Crippen LogP contribution >= 0.6 is 0 Å². The molecule has 0 atom stereocenters. The van der Waals surface area contributed by atoms with Gasteiger partial charge >= 0.3 is 5.97 Å². The Balaban J connectivity index is 2.92. The van der Waals surface area contributed by atoms with Crippen molar-refractivity contribution in [1.82, 2.24) is 0 Å². The number of rotatable bonds is 5. The van der Waals surface area contributed by atoms with E-state index in [2.05, 4.69) is 5.92 Å². The van der Waals surface area contributed by atoms with Gasteiger partial charge in [-0.3, -0.25) is 0 Å². The lowest BCUT2D eigenvalue weighted by atomic mass is 10.2. The second-order valence-corrected chi connectivity index (χ2v) is 2.97. The second-order valence-electron chi connectivity index (χ2n) is 2.97. The largest absolute Gasteiger partial charge is 0.497 e. The van der Waals surface area contributed by atoms with E-state index < -0.39 is 5.97 Å². The molecule has 0 saturated carbocycles. The highest BCUT2D eigenvalue weighted by molar-refractivity contribution is 5.91. The zero-order chi connectivity index (χ0) is 12.0. The molecular weight excluding hydrogens is 208 g/mol. The lowest BCUT2D eigenvalue weighted by Gasteiger charge is -2.09. The third kappa shape index (κ3) is 2.92. The van der Waals surface area contributed by atoms with Gasteiger partial charge in [0.15, 0.2) is 0 Å². The summed E-state index contributed by atoms with van der Waals surface area (Å²) in [5, 5.41) is 8.92. The van der Waals surface area contributed by atoms with Gasteiger partial charge in [-0.15, -0.1) is 12.3 Å². The van der Waals surface area contributed by atoms with Crippen molar-refractivity contribution in [2.45, 2.75) is 6.42 Å². The van der Waals surface area contributed by atoms with Gasteiger partial charge in [-0.05, 0) is 12.1 Å². The molecule has 0 bridgehead atoms. The number of carboxylic acids is 1. The van der Waals surface area contributed by atoms with Gasteiger partial charge in [-0.25, -0.2) is 4.79 Å². The van der Waals surface area contributed by atoms with Crippen molar-refractivity contribution in [3.05, 3.63) is 23.8 Å². The van der Waals surface area contributed by atoms with E-state index in [1.807, 2.05) is 0 Å². The number of carboxylic acid groups (broad SMARTS) is 1. The summed E-state index contributed by atoms with van der Waals surface area (Å²) >= 11 is 0. The summed E-state index contributed by atoms with van der Waals surface area (Å²) in [5.41, 5.74) is 0.0952. The van der Waals surface area contributed by atoms with Crippen molar-refractivity contribution < 1.29 is 19.4 Å². The molecule has 0 aromatic heterocycles. The highest BCUT2D eigenvalue weighted by Crippen LogP contribution is 2.24. The van der Waals surface area contributed by atoms with E-state index >= 15 is 0 Å². The average Bonchev–Trinajstić information content (AvgIpc) is 2.29. The molecule has 0 saturated heterocycles. The highest BCUT2D eigenvalue weighted by atomic mass is 16.5. The van der Waals surface area contributed by atoms with Crippen LogP contribution in [-0.4, -0.2) is 24.8 Å². The number of aromatic carboxylic acids is 1. The first-order valence-electron chi connectivity index (χ1n) is 4.66. The zero-order valence-electron chi connectivity index (χ0n) is 8.90. The van der Waals surface area contributed by atoms with E-state index in [0.29, 0.717) is 12.2 Å². The Labute approximate surface area is 93.8 Å². The molecule has 0 aliphatic rings. The number of benzene rings is 1. The molecule has 0 aliphatic heterocycles. The van der Waals surface area contributed by atoms with Crippen LogP contribution in [0.25, 0.3) is 0 Å². The summed E-state index contributed by atoms with van der Waals surface area (Å²) in [6.07, 6.45) is 5.50. The minimum absolute atomic E-state index is 0.0952. The van der Waals surface area contributed by atoms with Crippen molar-refractivity contribution >= 4 is 5.97 Å². The van der Waals surface area contributed by atoms with Crippen molar-refractivity contribution in [1.29, 1.82) is 0 Å². The second kappa shape index (κ2) is 5.66. The topological polar surface area (TPSA) is 55.8 Å². The van der Waals surface area contributed by atoms with Crippen LogP contribution in [0.4, 0.5) is 0 Å². The van der Waals surface area contributed by atoms with Gasteiger partial charge in [0.2, 0.25) is 0 Å². The van der Waals surface area contributed by atoms with Crippen LogP contribution in [0.1, 0.15) is 16.8 Å². The number of terminal acetylenes is 1. The van der Waals surface area contributed by atoms with Gasteiger partial charge in [0.1, 0.15) is 17.1 Å². The van der Waals surface area contributed by atoms with E-state index in [9.17, 15) is 4.79 Å². The fraction of sp³-hybridized carbons (Fsp3) is 0.250. The van der Waals surface area contributed by atoms with Crippen molar-refractivity contribution in [2.24, 2.45) is 0 Å². The smallest absolute Gasteiger partial charge is 0.339 e. The van der Waals surface area contributed by atoms with Gasteiger partial charge in [0.05, 0.1) is 13.7 Å². The van der Waals surface area contributed by atoms with Gasteiger partial charge < -0.3 is 14.6 Å². The summed E-state index contributed by atoms with van der Waals surface area (Å²) in [5.74, 6) is 2.18. The van der Waals surface area contributed by atoms with Gasteiger partial charge in [-0.2, -0.15) is 0 Å². The Morgan fingerprint density at radius 2 is 2.31 bits per heavy atom. The molecule has 0 aliphatic carbocycles. The Morgan fingerprint density at radius 1 is 1.56 bits per heavy atom. The van der Waals surface area contributed by atoms with Crippen LogP contribution in [0.3, 0.4) is 0 Å². The molecule has 0 unspecified atom stereocenters. The van der Waals surface area contributed by atoms with Gasteiger partial charge in [0.25, 0.3) is 0 Å². The minimum atomic E-state index is -1.04. The molecule has 1 N–H and O–H groups in total. The molecule has 0 radical (unpaired) electrons. The van der Waals surface area contributed by atoms with Crippen LogP contribution in [0, 0.1) is 12.3 Å². The first-order valence-corrected chi connectivity index (χ1v) is 4.66. The molecule has 16 heavy (non-hydrogen) atoms. The maximum atomic E-state index is 10.9. The lowest BCUT2D eigenvalue weighted by Crippen LogP contribution is -2.04. The van der Waals surface area contributed by atoms with Crippen LogP contribution in [0.5, 0.6) is 11.5 Å². The Bertz CT molecular complexity index is 418. The molecule has 4 heteroatoms. The average molecular weight is 220 g/mol. The third-order valence-electron chi connectivity index (χ3n) is 1.92. The summed E-state index contributed by atoms with van der Waals surface area (Å²) in [4.78, 5) is 10.9.